The molecule has 2 amide bonds. The SMILES string of the molecule is O=C(CC1OCCN(Cc2c([O-])on[n+]2-c2ccccc2)C1=O)Nc1ccc(-c2nc3ccccc3o2)cc1. The van der Waals surface area contributed by atoms with Gasteiger partial charge in [0, 0.05) is 29.9 Å². The van der Waals surface area contributed by atoms with Crippen LogP contribution in [-0.4, -0.2) is 46.2 Å². The molecule has 1 N–H and O–H groups in total. The maximum Gasteiger partial charge on any atom is 0.259 e. The number of amides is 2. The number of ether oxygens (including phenoxy) is 1. The minimum Gasteiger partial charge on any atom is -0.539 e. The maximum atomic E-state index is 13.1. The van der Waals surface area contributed by atoms with Crippen molar-refractivity contribution in [3.8, 4) is 23.1 Å². The van der Waals surface area contributed by atoms with E-state index in [-0.39, 0.29) is 43.6 Å². The Balaban J connectivity index is 1.09. The van der Waals surface area contributed by atoms with Gasteiger partial charge in [0.25, 0.3) is 11.6 Å². The molecule has 1 aliphatic heterocycles. The monoisotopic (exact) mass is 525 g/mol. The van der Waals surface area contributed by atoms with Crippen molar-refractivity contribution in [2.75, 3.05) is 18.5 Å². The lowest BCUT2D eigenvalue weighted by atomic mass is 10.1. The van der Waals surface area contributed by atoms with E-state index in [9.17, 15) is 14.7 Å². The molecule has 11 nitrogen and oxygen atoms in total. The number of aromatic nitrogens is 3. The molecular formula is C28H23N5O6. The van der Waals surface area contributed by atoms with Crippen molar-refractivity contribution in [1.82, 2.24) is 15.2 Å². The topological polar surface area (TPSA) is 138 Å². The molecule has 6 rings (SSSR count). The smallest absolute Gasteiger partial charge is 0.259 e. The first-order valence-electron chi connectivity index (χ1n) is 12.3. The van der Waals surface area contributed by atoms with Crippen molar-refractivity contribution < 1.29 is 33.1 Å². The number of nitrogens with zero attached hydrogens (tertiary/aromatic N) is 4. The van der Waals surface area contributed by atoms with Crippen LogP contribution in [-0.2, 0) is 20.9 Å². The van der Waals surface area contributed by atoms with E-state index in [2.05, 4.69) is 15.6 Å². The molecule has 2 aromatic heterocycles. The molecule has 39 heavy (non-hydrogen) atoms. The van der Waals surface area contributed by atoms with Gasteiger partial charge >= 0.3 is 0 Å². The highest BCUT2D eigenvalue weighted by atomic mass is 16.6. The second kappa shape index (κ2) is 10.4. The summed E-state index contributed by atoms with van der Waals surface area (Å²) in [5.74, 6) is -0.909. The summed E-state index contributed by atoms with van der Waals surface area (Å²) >= 11 is 0. The Morgan fingerprint density at radius 2 is 1.82 bits per heavy atom. The number of para-hydroxylation sites is 3. The molecule has 5 aromatic rings. The lowest BCUT2D eigenvalue weighted by molar-refractivity contribution is -0.678. The van der Waals surface area contributed by atoms with Crippen LogP contribution in [0.5, 0.6) is 5.95 Å². The minimum atomic E-state index is -0.974. The van der Waals surface area contributed by atoms with Crippen LogP contribution >= 0.6 is 0 Å². The summed E-state index contributed by atoms with van der Waals surface area (Å²) in [7, 11) is 0. The molecule has 1 fully saturated rings. The molecule has 0 spiro atoms. The van der Waals surface area contributed by atoms with E-state index in [0.29, 0.717) is 22.8 Å². The lowest BCUT2D eigenvalue weighted by Crippen LogP contribution is -2.50. The van der Waals surface area contributed by atoms with Gasteiger partial charge in [-0.15, -0.1) is 0 Å². The number of anilines is 1. The summed E-state index contributed by atoms with van der Waals surface area (Å²) in [6, 6.07) is 23.6. The minimum absolute atomic E-state index is 0.0190. The Bertz CT molecular complexity index is 1600. The van der Waals surface area contributed by atoms with Gasteiger partial charge in [-0.2, -0.15) is 0 Å². The van der Waals surface area contributed by atoms with Crippen molar-refractivity contribution in [2.45, 2.75) is 19.1 Å². The van der Waals surface area contributed by atoms with Gasteiger partial charge in [0.1, 0.15) is 18.2 Å². The highest BCUT2D eigenvalue weighted by Gasteiger charge is 2.34. The summed E-state index contributed by atoms with van der Waals surface area (Å²) in [5.41, 5.74) is 3.63. The van der Waals surface area contributed by atoms with Crippen LogP contribution in [0.1, 0.15) is 12.1 Å². The fourth-order valence-electron chi connectivity index (χ4n) is 4.42. The van der Waals surface area contributed by atoms with E-state index in [1.165, 1.54) is 9.58 Å². The summed E-state index contributed by atoms with van der Waals surface area (Å²) in [6.45, 7) is 0.482. The van der Waals surface area contributed by atoms with E-state index in [0.717, 1.165) is 11.1 Å². The highest BCUT2D eigenvalue weighted by Crippen LogP contribution is 2.25. The Hall–Kier alpha value is -5.03. The Labute approximate surface area is 222 Å². The molecule has 3 aromatic carbocycles. The van der Waals surface area contributed by atoms with Crippen molar-refractivity contribution >= 4 is 28.6 Å². The maximum absolute atomic E-state index is 13.1. The van der Waals surface area contributed by atoms with E-state index >= 15 is 0 Å². The van der Waals surface area contributed by atoms with Crippen LogP contribution in [0.4, 0.5) is 5.69 Å². The molecule has 0 aliphatic carbocycles. The number of carbonyl (C=O) groups excluding carboxylic acids is 2. The zero-order valence-corrected chi connectivity index (χ0v) is 20.6. The quantitative estimate of drug-likeness (QED) is 0.320. The first kappa shape index (κ1) is 24.3. The van der Waals surface area contributed by atoms with Crippen LogP contribution in [0.25, 0.3) is 28.2 Å². The lowest BCUT2D eigenvalue weighted by Gasteiger charge is -2.31. The van der Waals surface area contributed by atoms with Crippen molar-refractivity contribution in [3.63, 3.8) is 0 Å². The van der Waals surface area contributed by atoms with Gasteiger partial charge in [-0.05, 0) is 41.1 Å². The second-order valence-corrected chi connectivity index (χ2v) is 8.99. The van der Waals surface area contributed by atoms with Gasteiger partial charge < -0.3 is 29.0 Å². The third-order valence-electron chi connectivity index (χ3n) is 6.39. The van der Waals surface area contributed by atoms with Gasteiger partial charge in [-0.25, -0.2) is 4.98 Å². The fourth-order valence-corrected chi connectivity index (χ4v) is 4.42. The second-order valence-electron chi connectivity index (χ2n) is 8.99. The predicted octanol–water partition coefficient (Wildman–Crippen LogP) is 2.59. The van der Waals surface area contributed by atoms with Gasteiger partial charge in [0.2, 0.25) is 17.5 Å². The Morgan fingerprint density at radius 3 is 2.62 bits per heavy atom. The molecule has 0 saturated carbocycles. The van der Waals surface area contributed by atoms with Crippen LogP contribution < -0.4 is 15.1 Å². The first-order valence-corrected chi connectivity index (χ1v) is 12.3. The van der Waals surface area contributed by atoms with Crippen LogP contribution in [0.15, 0.2) is 87.8 Å². The van der Waals surface area contributed by atoms with E-state index in [1.807, 2.05) is 42.5 Å². The number of carbonyl (C=O) groups is 2. The van der Waals surface area contributed by atoms with Gasteiger partial charge in [0.05, 0.1) is 18.3 Å². The summed E-state index contributed by atoms with van der Waals surface area (Å²) in [6.07, 6.45) is -1.15. The van der Waals surface area contributed by atoms with Crippen molar-refractivity contribution in [1.29, 1.82) is 0 Å². The van der Waals surface area contributed by atoms with Gasteiger partial charge in [0.15, 0.2) is 11.5 Å². The average molecular weight is 526 g/mol. The molecule has 0 radical (unpaired) electrons. The third kappa shape index (κ3) is 5.07. The third-order valence-corrected chi connectivity index (χ3v) is 6.39. The van der Waals surface area contributed by atoms with Crippen molar-refractivity contribution in [2.24, 2.45) is 0 Å². The Morgan fingerprint density at radius 1 is 1.05 bits per heavy atom. The van der Waals surface area contributed by atoms with Crippen molar-refractivity contribution in [3.05, 3.63) is 84.6 Å². The number of oxazole rings is 1. The van der Waals surface area contributed by atoms with Crippen LogP contribution in [0, 0.1) is 0 Å². The zero-order valence-electron chi connectivity index (χ0n) is 20.6. The first-order chi connectivity index (χ1) is 19.0. The largest absolute Gasteiger partial charge is 0.539 e. The molecule has 0 bridgehead atoms. The highest BCUT2D eigenvalue weighted by molar-refractivity contribution is 5.95. The zero-order chi connectivity index (χ0) is 26.8. The summed E-state index contributed by atoms with van der Waals surface area (Å²) in [5, 5.41) is 18.9. The number of fused-ring (bicyclic) bond motifs is 1. The molecule has 1 unspecified atom stereocenters. The standard InChI is InChI=1S/C28H23N5O6/c34-25(29-19-12-10-18(11-13-19)26-30-21-8-4-5-9-23(21)38-26)16-24-27(35)32(14-15-37-24)17-22-28(36)39-31-33(22)20-6-2-1-3-7-20/h1-13,24H,14-17H2,(H-,29,30,31,34,36). The average Bonchev–Trinajstić information content (AvgIpc) is 3.55. The number of rotatable bonds is 7. The summed E-state index contributed by atoms with van der Waals surface area (Å²) < 4.78 is 17.6. The number of nitrogens with one attached hydrogen (secondary N) is 1. The van der Waals surface area contributed by atoms with Crippen LogP contribution in [0.2, 0.25) is 0 Å². The number of morpholine rings is 1. The number of benzene rings is 3. The molecule has 3 heterocycles. The van der Waals surface area contributed by atoms with Crippen LogP contribution in [0.3, 0.4) is 0 Å². The van der Waals surface area contributed by atoms with E-state index in [1.54, 1.807) is 36.4 Å². The van der Waals surface area contributed by atoms with E-state index < -0.39 is 12.1 Å². The molecule has 1 saturated heterocycles. The Kier molecular flexibility index (Phi) is 6.47. The summed E-state index contributed by atoms with van der Waals surface area (Å²) in [4.78, 5) is 31.8. The van der Waals surface area contributed by atoms with Gasteiger partial charge in [-0.3, -0.25) is 9.59 Å². The van der Waals surface area contributed by atoms with Gasteiger partial charge in [-0.1, -0.05) is 30.3 Å². The molecular weight excluding hydrogens is 502 g/mol. The normalized spacial score (nSPS) is 15.5. The molecule has 1 aliphatic rings. The molecule has 196 valence electrons. The number of hydrogen-bond donors (Lipinski definition) is 1. The predicted molar refractivity (Wildman–Crippen MR) is 135 cm³/mol. The molecule has 1 atom stereocenters. The van der Waals surface area contributed by atoms with E-state index in [4.69, 9.17) is 13.7 Å². The fraction of sp³-hybridized carbons (Fsp3) is 0.179. The number of hydrogen-bond acceptors (Lipinski definition) is 8. The molecule has 11 heteroatoms.